The molecule has 1 fully saturated rings. The Balaban J connectivity index is 2.18. The number of anilines is 2. The molecule has 106 valence electrons. The average molecular weight is 285 g/mol. The third-order valence-corrected chi connectivity index (χ3v) is 4.50. The molecule has 6 N–H and O–H groups in total. The number of benzene rings is 1. The molecule has 6 nitrogen and oxygen atoms in total. The lowest BCUT2D eigenvalue weighted by molar-refractivity contribution is 0.222. The monoisotopic (exact) mass is 285 g/mol. The summed E-state index contributed by atoms with van der Waals surface area (Å²) in [5.41, 5.74) is 6.86. The van der Waals surface area contributed by atoms with Crippen LogP contribution in [0.3, 0.4) is 0 Å². The third kappa shape index (κ3) is 3.17. The van der Waals surface area contributed by atoms with E-state index in [1.807, 2.05) is 0 Å². The molecule has 1 aliphatic carbocycles. The molecule has 0 aliphatic heterocycles. The van der Waals surface area contributed by atoms with Gasteiger partial charge in [0.15, 0.2) is 0 Å². The van der Waals surface area contributed by atoms with Crippen molar-refractivity contribution in [2.75, 3.05) is 17.7 Å². The lowest BCUT2D eigenvalue weighted by atomic mass is 10.0. The zero-order valence-corrected chi connectivity index (χ0v) is 11.4. The van der Waals surface area contributed by atoms with Crippen molar-refractivity contribution < 1.29 is 13.5 Å². The van der Waals surface area contributed by atoms with Crippen LogP contribution in [0.4, 0.5) is 11.4 Å². The van der Waals surface area contributed by atoms with Gasteiger partial charge in [0.05, 0.1) is 16.3 Å². The maximum Gasteiger partial charge on any atom is 0.238 e. The molecule has 0 amide bonds. The molecule has 2 atom stereocenters. The minimum absolute atomic E-state index is 0.000630. The van der Waals surface area contributed by atoms with Crippen LogP contribution < -0.4 is 16.2 Å². The molecule has 0 aromatic heterocycles. The number of rotatable bonds is 4. The van der Waals surface area contributed by atoms with Crippen molar-refractivity contribution in [1.82, 2.24) is 0 Å². The van der Waals surface area contributed by atoms with Gasteiger partial charge in [0.1, 0.15) is 0 Å². The van der Waals surface area contributed by atoms with Gasteiger partial charge in [-0.2, -0.15) is 0 Å². The first-order valence-electron chi connectivity index (χ1n) is 6.21. The maximum atomic E-state index is 11.2. The zero-order valence-electron chi connectivity index (χ0n) is 10.5. The van der Waals surface area contributed by atoms with E-state index < -0.39 is 10.0 Å². The van der Waals surface area contributed by atoms with E-state index in [0.717, 1.165) is 19.3 Å². The molecule has 0 bridgehead atoms. The molecule has 0 saturated heterocycles. The summed E-state index contributed by atoms with van der Waals surface area (Å²) in [5, 5.41) is 17.6. The van der Waals surface area contributed by atoms with Crippen LogP contribution in [0.1, 0.15) is 19.3 Å². The Morgan fingerprint density at radius 1 is 1.37 bits per heavy atom. The lowest BCUT2D eigenvalue weighted by Gasteiger charge is -2.21. The van der Waals surface area contributed by atoms with E-state index in [4.69, 9.17) is 10.9 Å². The van der Waals surface area contributed by atoms with Crippen LogP contribution in [0, 0.1) is 5.92 Å². The predicted octanol–water partition coefficient (Wildman–Crippen LogP) is 0.489. The molecule has 0 spiro atoms. The van der Waals surface area contributed by atoms with Crippen molar-refractivity contribution in [3.8, 4) is 0 Å². The Kier molecular flexibility index (Phi) is 3.98. The number of nitrogens with one attached hydrogen (secondary N) is 1. The van der Waals surface area contributed by atoms with Crippen LogP contribution in [0.5, 0.6) is 0 Å². The Bertz CT molecular complexity index is 559. The summed E-state index contributed by atoms with van der Waals surface area (Å²) >= 11 is 0. The number of hydrogen-bond acceptors (Lipinski definition) is 5. The van der Waals surface area contributed by atoms with E-state index in [1.54, 1.807) is 6.07 Å². The smallest absolute Gasteiger partial charge is 0.238 e. The molecule has 1 aromatic rings. The van der Waals surface area contributed by atoms with Crippen molar-refractivity contribution in [3.63, 3.8) is 0 Å². The third-order valence-electron chi connectivity index (χ3n) is 3.59. The van der Waals surface area contributed by atoms with E-state index in [9.17, 15) is 13.5 Å². The quantitative estimate of drug-likeness (QED) is 0.600. The highest BCUT2D eigenvalue weighted by Gasteiger charge is 2.26. The minimum Gasteiger partial charge on any atom is -0.397 e. The first-order valence-corrected chi connectivity index (χ1v) is 7.76. The summed E-state index contributed by atoms with van der Waals surface area (Å²) < 4.78 is 22.4. The SMILES string of the molecule is Nc1cc(S(N)(=O)=O)ccc1NC1CCCC1CO. The van der Waals surface area contributed by atoms with Crippen LogP contribution in [-0.2, 0) is 10.0 Å². The summed E-state index contributed by atoms with van der Waals surface area (Å²) in [6, 6.07) is 4.56. The molecule has 2 unspecified atom stereocenters. The Morgan fingerprint density at radius 2 is 2.11 bits per heavy atom. The van der Waals surface area contributed by atoms with Crippen LogP contribution in [0.2, 0.25) is 0 Å². The fourth-order valence-electron chi connectivity index (χ4n) is 2.49. The summed E-state index contributed by atoms with van der Waals surface area (Å²) in [4.78, 5) is 0.000630. The molecule has 1 aromatic carbocycles. The van der Waals surface area contributed by atoms with Gasteiger partial charge in [-0.1, -0.05) is 6.42 Å². The number of aliphatic hydroxyl groups is 1. The van der Waals surface area contributed by atoms with E-state index >= 15 is 0 Å². The van der Waals surface area contributed by atoms with Gasteiger partial charge in [0.2, 0.25) is 10.0 Å². The van der Waals surface area contributed by atoms with E-state index in [0.29, 0.717) is 11.4 Å². The first kappa shape index (κ1) is 14.1. The van der Waals surface area contributed by atoms with Crippen molar-refractivity contribution in [2.24, 2.45) is 11.1 Å². The van der Waals surface area contributed by atoms with Gasteiger partial charge in [0, 0.05) is 18.6 Å². The predicted molar refractivity (Wildman–Crippen MR) is 74.1 cm³/mol. The van der Waals surface area contributed by atoms with E-state index in [1.165, 1.54) is 12.1 Å². The summed E-state index contributed by atoms with van der Waals surface area (Å²) in [6.07, 6.45) is 3.03. The van der Waals surface area contributed by atoms with Crippen LogP contribution >= 0.6 is 0 Å². The molecule has 19 heavy (non-hydrogen) atoms. The topological polar surface area (TPSA) is 118 Å². The standard InChI is InChI=1S/C12H19N3O3S/c13-10-6-9(19(14,17)18)4-5-12(10)15-11-3-1-2-8(11)7-16/h4-6,8,11,15-16H,1-3,7,13H2,(H2,14,17,18). The summed E-state index contributed by atoms with van der Waals surface area (Å²) in [6.45, 7) is 0.146. The first-order chi connectivity index (χ1) is 8.91. The highest BCUT2D eigenvalue weighted by molar-refractivity contribution is 7.89. The van der Waals surface area contributed by atoms with Gasteiger partial charge in [-0.25, -0.2) is 13.6 Å². The average Bonchev–Trinajstić information content (AvgIpc) is 2.77. The van der Waals surface area contributed by atoms with Crippen LogP contribution in [-0.4, -0.2) is 26.2 Å². The van der Waals surface area contributed by atoms with E-state index in [-0.39, 0.29) is 23.5 Å². The van der Waals surface area contributed by atoms with Gasteiger partial charge in [-0.05, 0) is 31.0 Å². The molecular formula is C12H19N3O3S. The van der Waals surface area contributed by atoms with Crippen molar-refractivity contribution >= 4 is 21.4 Å². The highest BCUT2D eigenvalue weighted by atomic mass is 32.2. The van der Waals surface area contributed by atoms with Crippen molar-refractivity contribution in [1.29, 1.82) is 0 Å². The molecule has 2 rings (SSSR count). The normalized spacial score (nSPS) is 23.5. The molecule has 0 heterocycles. The minimum atomic E-state index is -3.73. The van der Waals surface area contributed by atoms with Gasteiger partial charge in [0.25, 0.3) is 0 Å². The van der Waals surface area contributed by atoms with Crippen molar-refractivity contribution in [3.05, 3.63) is 18.2 Å². The molecule has 1 aliphatic rings. The second kappa shape index (κ2) is 5.36. The van der Waals surface area contributed by atoms with Gasteiger partial charge >= 0.3 is 0 Å². The van der Waals surface area contributed by atoms with Gasteiger partial charge in [-0.3, -0.25) is 0 Å². The number of nitrogen functional groups attached to an aromatic ring is 1. The Labute approximate surface area is 112 Å². The fourth-order valence-corrected chi connectivity index (χ4v) is 3.04. The summed E-state index contributed by atoms with van der Waals surface area (Å²) in [5.74, 6) is 0.220. The van der Waals surface area contributed by atoms with E-state index in [2.05, 4.69) is 5.32 Å². The molecule has 0 radical (unpaired) electrons. The molecular weight excluding hydrogens is 266 g/mol. The fraction of sp³-hybridized carbons (Fsp3) is 0.500. The molecule has 7 heteroatoms. The highest BCUT2D eigenvalue weighted by Crippen LogP contribution is 2.30. The number of primary sulfonamides is 1. The summed E-state index contributed by atoms with van der Waals surface area (Å²) in [7, 11) is -3.73. The molecule has 1 saturated carbocycles. The Morgan fingerprint density at radius 3 is 2.68 bits per heavy atom. The largest absolute Gasteiger partial charge is 0.397 e. The second-order valence-corrected chi connectivity index (χ2v) is 6.48. The maximum absolute atomic E-state index is 11.2. The van der Waals surface area contributed by atoms with Gasteiger partial charge in [-0.15, -0.1) is 0 Å². The second-order valence-electron chi connectivity index (χ2n) is 4.92. The van der Waals surface area contributed by atoms with Crippen LogP contribution in [0.25, 0.3) is 0 Å². The lowest BCUT2D eigenvalue weighted by Crippen LogP contribution is -2.26. The number of hydrogen-bond donors (Lipinski definition) is 4. The number of sulfonamides is 1. The van der Waals surface area contributed by atoms with Crippen LogP contribution in [0.15, 0.2) is 23.1 Å². The van der Waals surface area contributed by atoms with Gasteiger partial charge < -0.3 is 16.2 Å². The number of nitrogens with two attached hydrogens (primary N) is 2. The van der Waals surface area contributed by atoms with Crippen molar-refractivity contribution in [2.45, 2.75) is 30.2 Å². The number of aliphatic hydroxyl groups excluding tert-OH is 1. The zero-order chi connectivity index (χ0) is 14.0. The Hall–Kier alpha value is -1.31.